The molecule has 1 aromatic heterocycles. The molecule has 1 fully saturated rings. The van der Waals surface area contributed by atoms with Crippen LogP contribution in [0, 0.1) is 0 Å². The smallest absolute Gasteiger partial charge is 0.129 e. The third-order valence-electron chi connectivity index (χ3n) is 3.45. The molecule has 0 aliphatic carbocycles. The fourth-order valence-electron chi connectivity index (χ4n) is 2.39. The van der Waals surface area contributed by atoms with Gasteiger partial charge in [0.15, 0.2) is 0 Å². The lowest BCUT2D eigenvalue weighted by molar-refractivity contribution is 0.726. The molecule has 0 radical (unpaired) electrons. The van der Waals surface area contributed by atoms with Crippen LogP contribution in [0.25, 0.3) is 0 Å². The van der Waals surface area contributed by atoms with Crippen LogP contribution >= 0.6 is 0 Å². The molecule has 2 heterocycles. The van der Waals surface area contributed by atoms with Gasteiger partial charge in [0.05, 0.1) is 0 Å². The number of rotatable bonds is 3. The first-order valence-electron chi connectivity index (χ1n) is 6.78. The Morgan fingerprint density at radius 1 is 1.18 bits per heavy atom. The Bertz CT molecular complexity index is 332. The standard InChI is InChI=1S/C14H23N3/c1-2-13-9-12(11-15)10-14(16-13)17-7-5-3-4-6-8-17/h9-10H,2-8,11,15H2,1H3. The van der Waals surface area contributed by atoms with Gasteiger partial charge in [-0.2, -0.15) is 0 Å². The van der Waals surface area contributed by atoms with Crippen LogP contribution in [0.1, 0.15) is 43.9 Å². The monoisotopic (exact) mass is 233 g/mol. The number of hydrogen-bond acceptors (Lipinski definition) is 3. The van der Waals surface area contributed by atoms with E-state index in [1.54, 1.807) is 0 Å². The predicted molar refractivity (Wildman–Crippen MR) is 72.2 cm³/mol. The van der Waals surface area contributed by atoms with Crippen LogP contribution < -0.4 is 10.6 Å². The van der Waals surface area contributed by atoms with Crippen LogP contribution in [0.3, 0.4) is 0 Å². The molecule has 0 spiro atoms. The van der Waals surface area contributed by atoms with Gasteiger partial charge in [0.2, 0.25) is 0 Å². The molecule has 17 heavy (non-hydrogen) atoms. The molecule has 3 heteroatoms. The van der Waals surface area contributed by atoms with E-state index in [0.29, 0.717) is 6.54 Å². The largest absolute Gasteiger partial charge is 0.357 e. The van der Waals surface area contributed by atoms with Crippen molar-refractivity contribution in [1.82, 2.24) is 4.98 Å². The van der Waals surface area contributed by atoms with Gasteiger partial charge in [0.25, 0.3) is 0 Å². The van der Waals surface area contributed by atoms with Crippen molar-refractivity contribution in [2.24, 2.45) is 5.73 Å². The third kappa shape index (κ3) is 3.19. The SMILES string of the molecule is CCc1cc(CN)cc(N2CCCCCC2)n1. The summed E-state index contributed by atoms with van der Waals surface area (Å²) in [6.45, 7) is 5.04. The van der Waals surface area contributed by atoms with Crippen molar-refractivity contribution in [3.05, 3.63) is 23.4 Å². The minimum absolute atomic E-state index is 0.607. The fourth-order valence-corrected chi connectivity index (χ4v) is 2.39. The van der Waals surface area contributed by atoms with Crippen molar-refractivity contribution in [2.45, 2.75) is 45.6 Å². The molecule has 2 rings (SSSR count). The summed E-state index contributed by atoms with van der Waals surface area (Å²) in [6.07, 6.45) is 6.27. The molecule has 2 N–H and O–H groups in total. The van der Waals surface area contributed by atoms with E-state index < -0.39 is 0 Å². The van der Waals surface area contributed by atoms with E-state index in [9.17, 15) is 0 Å². The van der Waals surface area contributed by atoms with Crippen LogP contribution in [-0.2, 0) is 13.0 Å². The van der Waals surface area contributed by atoms with Crippen LogP contribution in [-0.4, -0.2) is 18.1 Å². The highest BCUT2D eigenvalue weighted by Crippen LogP contribution is 2.19. The number of anilines is 1. The van der Waals surface area contributed by atoms with Gasteiger partial charge in [-0.15, -0.1) is 0 Å². The van der Waals surface area contributed by atoms with Gasteiger partial charge in [-0.25, -0.2) is 4.98 Å². The lowest BCUT2D eigenvalue weighted by Crippen LogP contribution is -2.25. The van der Waals surface area contributed by atoms with Gasteiger partial charge < -0.3 is 10.6 Å². The molecular formula is C14H23N3. The van der Waals surface area contributed by atoms with Crippen molar-refractivity contribution >= 4 is 5.82 Å². The average molecular weight is 233 g/mol. The van der Waals surface area contributed by atoms with Crippen LogP contribution in [0.2, 0.25) is 0 Å². The maximum Gasteiger partial charge on any atom is 0.129 e. The van der Waals surface area contributed by atoms with Gasteiger partial charge in [-0.05, 0) is 37.0 Å². The quantitative estimate of drug-likeness (QED) is 0.872. The molecular weight excluding hydrogens is 210 g/mol. The summed E-state index contributed by atoms with van der Waals surface area (Å²) in [4.78, 5) is 7.16. The number of nitrogens with zero attached hydrogens (tertiary/aromatic N) is 2. The maximum atomic E-state index is 5.76. The molecule has 94 valence electrons. The van der Waals surface area contributed by atoms with Gasteiger partial charge in [0, 0.05) is 25.3 Å². The zero-order valence-electron chi connectivity index (χ0n) is 10.8. The predicted octanol–water partition coefficient (Wildman–Crippen LogP) is 2.48. The van der Waals surface area contributed by atoms with Crippen molar-refractivity contribution in [1.29, 1.82) is 0 Å². The lowest BCUT2D eigenvalue weighted by Gasteiger charge is -2.22. The van der Waals surface area contributed by atoms with E-state index in [1.165, 1.54) is 31.2 Å². The van der Waals surface area contributed by atoms with E-state index in [4.69, 9.17) is 10.7 Å². The van der Waals surface area contributed by atoms with Gasteiger partial charge in [-0.1, -0.05) is 19.8 Å². The third-order valence-corrected chi connectivity index (χ3v) is 3.45. The molecule has 1 aromatic rings. The Kier molecular flexibility index (Phi) is 4.37. The summed E-state index contributed by atoms with van der Waals surface area (Å²) in [5.74, 6) is 1.13. The minimum atomic E-state index is 0.607. The fraction of sp³-hybridized carbons (Fsp3) is 0.643. The van der Waals surface area contributed by atoms with Gasteiger partial charge in [-0.3, -0.25) is 0 Å². The van der Waals surface area contributed by atoms with Crippen LogP contribution in [0.15, 0.2) is 12.1 Å². The van der Waals surface area contributed by atoms with E-state index in [1.807, 2.05) is 0 Å². The second-order valence-corrected chi connectivity index (χ2v) is 4.78. The molecule has 0 atom stereocenters. The van der Waals surface area contributed by atoms with E-state index in [0.717, 1.165) is 31.0 Å². The van der Waals surface area contributed by atoms with Gasteiger partial charge in [0.1, 0.15) is 5.82 Å². The molecule has 1 aliphatic heterocycles. The zero-order chi connectivity index (χ0) is 12.1. The first-order chi connectivity index (χ1) is 8.33. The van der Waals surface area contributed by atoms with Crippen LogP contribution in [0.4, 0.5) is 5.82 Å². The summed E-state index contributed by atoms with van der Waals surface area (Å²) in [7, 11) is 0. The Labute approximate surface area is 104 Å². The van der Waals surface area contributed by atoms with Crippen molar-refractivity contribution in [3.63, 3.8) is 0 Å². The van der Waals surface area contributed by atoms with E-state index in [-0.39, 0.29) is 0 Å². The number of hydrogen-bond donors (Lipinski definition) is 1. The number of nitrogens with two attached hydrogens (primary N) is 1. The Hall–Kier alpha value is -1.09. The Morgan fingerprint density at radius 2 is 1.88 bits per heavy atom. The highest BCUT2D eigenvalue weighted by Gasteiger charge is 2.12. The Morgan fingerprint density at radius 3 is 2.47 bits per heavy atom. The first kappa shape index (κ1) is 12.4. The topological polar surface area (TPSA) is 42.1 Å². The molecule has 0 aromatic carbocycles. The molecule has 0 saturated carbocycles. The van der Waals surface area contributed by atoms with Crippen LogP contribution in [0.5, 0.6) is 0 Å². The lowest BCUT2D eigenvalue weighted by atomic mass is 10.2. The molecule has 1 aliphatic rings. The molecule has 1 saturated heterocycles. The summed E-state index contributed by atoms with van der Waals surface area (Å²) in [6, 6.07) is 4.28. The second kappa shape index (κ2) is 6.01. The van der Waals surface area contributed by atoms with E-state index in [2.05, 4.69) is 24.0 Å². The van der Waals surface area contributed by atoms with Crippen molar-refractivity contribution < 1.29 is 0 Å². The molecule has 0 bridgehead atoms. The highest BCUT2D eigenvalue weighted by atomic mass is 15.2. The molecule has 3 nitrogen and oxygen atoms in total. The number of aryl methyl sites for hydroxylation is 1. The minimum Gasteiger partial charge on any atom is -0.357 e. The molecule has 0 amide bonds. The average Bonchev–Trinajstić information content (AvgIpc) is 2.67. The highest BCUT2D eigenvalue weighted by molar-refractivity contribution is 5.43. The normalized spacial score (nSPS) is 16.9. The summed E-state index contributed by atoms with van der Waals surface area (Å²) in [5, 5.41) is 0. The second-order valence-electron chi connectivity index (χ2n) is 4.78. The first-order valence-corrected chi connectivity index (χ1v) is 6.78. The Balaban J connectivity index is 2.22. The number of pyridine rings is 1. The molecule has 0 unspecified atom stereocenters. The zero-order valence-corrected chi connectivity index (χ0v) is 10.8. The number of aromatic nitrogens is 1. The van der Waals surface area contributed by atoms with Crippen molar-refractivity contribution in [2.75, 3.05) is 18.0 Å². The van der Waals surface area contributed by atoms with E-state index >= 15 is 0 Å². The maximum absolute atomic E-state index is 5.76. The van der Waals surface area contributed by atoms with Gasteiger partial charge >= 0.3 is 0 Å². The summed E-state index contributed by atoms with van der Waals surface area (Å²) in [5.41, 5.74) is 8.12. The summed E-state index contributed by atoms with van der Waals surface area (Å²) >= 11 is 0. The summed E-state index contributed by atoms with van der Waals surface area (Å²) < 4.78 is 0. The van der Waals surface area contributed by atoms with Crippen molar-refractivity contribution in [3.8, 4) is 0 Å².